The molecule has 5 rings (SSSR count). The summed E-state index contributed by atoms with van der Waals surface area (Å²) in [4.78, 5) is 37.1. The van der Waals surface area contributed by atoms with E-state index in [9.17, 15) is 29.8 Å². The Hall–Kier alpha value is -3.44. The van der Waals surface area contributed by atoms with Crippen LogP contribution in [-0.2, 0) is 19.1 Å². The van der Waals surface area contributed by atoms with Crippen molar-refractivity contribution in [3.63, 3.8) is 0 Å². The zero-order valence-electron chi connectivity index (χ0n) is 23.2. The van der Waals surface area contributed by atoms with Crippen LogP contribution in [0, 0.1) is 27.9 Å². The summed E-state index contributed by atoms with van der Waals surface area (Å²) in [6, 6.07) is 4.58. The summed E-state index contributed by atoms with van der Waals surface area (Å²) in [5.41, 5.74) is -3.43. The summed E-state index contributed by atoms with van der Waals surface area (Å²) < 4.78 is 23.7. The lowest BCUT2D eigenvalue weighted by Gasteiger charge is -2.66. The molecule has 2 aliphatic carbocycles. The van der Waals surface area contributed by atoms with Gasteiger partial charge in [-0.1, -0.05) is 13.8 Å². The standard InChI is InChI=1S/C29H35NO10/c1-15(31)37-14-28(4)20-12-21(33)29(5)25(27(20,3)9-8-22(28)38-16(2)32)24(34)23-19(40-29)11-18(39-26(23)35)17-7-6-10-30(36)13-17/h6-7,10-11,13,20-22,24-25,33-34H,8-9,12,14H2,1-5H3/t20-,21+,22+,24+,25-,27+,28+,29-/m1/s1. The van der Waals surface area contributed by atoms with Gasteiger partial charge in [-0.05, 0) is 43.6 Å². The number of carbonyl (C=O) groups excluding carboxylic acids is 2. The molecule has 3 heterocycles. The normalized spacial score (nSPS) is 36.3. The van der Waals surface area contributed by atoms with Crippen molar-refractivity contribution in [1.82, 2.24) is 0 Å². The van der Waals surface area contributed by atoms with Crippen LogP contribution in [-0.4, -0.2) is 46.6 Å². The van der Waals surface area contributed by atoms with E-state index in [1.165, 1.54) is 38.4 Å². The Morgan fingerprint density at radius 1 is 1.20 bits per heavy atom. The maximum Gasteiger partial charge on any atom is 0.345 e. The summed E-state index contributed by atoms with van der Waals surface area (Å²) in [5.74, 6) is -1.92. The van der Waals surface area contributed by atoms with E-state index in [1.54, 1.807) is 13.0 Å². The van der Waals surface area contributed by atoms with Gasteiger partial charge in [0.15, 0.2) is 12.4 Å². The smallest absolute Gasteiger partial charge is 0.345 e. The molecular formula is C29H35NO10. The molecule has 3 aliphatic rings. The summed E-state index contributed by atoms with van der Waals surface area (Å²) in [5, 5.41) is 35.3. The first-order chi connectivity index (χ1) is 18.7. The van der Waals surface area contributed by atoms with Crippen molar-refractivity contribution >= 4 is 11.9 Å². The predicted molar refractivity (Wildman–Crippen MR) is 139 cm³/mol. The largest absolute Gasteiger partial charge is 0.619 e. The van der Waals surface area contributed by atoms with Crippen molar-refractivity contribution in [2.45, 2.75) is 77.8 Å². The van der Waals surface area contributed by atoms with Crippen molar-refractivity contribution in [1.29, 1.82) is 0 Å². The van der Waals surface area contributed by atoms with Crippen LogP contribution in [0.3, 0.4) is 0 Å². The van der Waals surface area contributed by atoms with E-state index in [-0.39, 0.29) is 36.0 Å². The Kier molecular flexibility index (Phi) is 6.74. The molecule has 2 N–H and O–H groups in total. The molecule has 0 aromatic carbocycles. The Labute approximate surface area is 231 Å². The highest BCUT2D eigenvalue weighted by Gasteiger charge is 2.69. The van der Waals surface area contributed by atoms with Crippen LogP contribution in [0.5, 0.6) is 5.75 Å². The average Bonchev–Trinajstić information content (AvgIpc) is 2.86. The molecule has 11 nitrogen and oxygen atoms in total. The highest BCUT2D eigenvalue weighted by molar-refractivity contribution is 5.67. The van der Waals surface area contributed by atoms with Gasteiger partial charge in [0, 0.05) is 37.3 Å². The van der Waals surface area contributed by atoms with E-state index in [0.29, 0.717) is 23.1 Å². The molecule has 2 aromatic rings. The SMILES string of the molecule is CC(=O)OC[C@@]1(C)[C@@H]2C[C@H](O)[C@@]3(C)Oc4cc(-c5ccc[n+]([O-])c5)oc(=O)c4[C@H](O)[C@@H]3[C@@]2(C)CC[C@@H]1OC(C)=O. The van der Waals surface area contributed by atoms with Gasteiger partial charge in [-0.15, -0.1) is 0 Å². The summed E-state index contributed by atoms with van der Waals surface area (Å²) in [6.45, 7) is 8.14. The number of aliphatic hydroxyl groups is 2. The minimum atomic E-state index is -1.36. The fraction of sp³-hybridized carbons (Fsp3) is 0.586. The van der Waals surface area contributed by atoms with E-state index < -0.39 is 58.2 Å². The predicted octanol–water partition coefficient (Wildman–Crippen LogP) is 2.42. The molecule has 0 saturated heterocycles. The van der Waals surface area contributed by atoms with Crippen molar-refractivity contribution in [3.8, 4) is 17.1 Å². The van der Waals surface area contributed by atoms with E-state index >= 15 is 0 Å². The van der Waals surface area contributed by atoms with Gasteiger partial charge in [0.2, 0.25) is 0 Å². The fourth-order valence-electron chi connectivity index (χ4n) is 7.78. The Morgan fingerprint density at radius 2 is 1.93 bits per heavy atom. The number of aliphatic hydroxyl groups excluding tert-OH is 2. The number of ether oxygens (including phenoxy) is 3. The minimum Gasteiger partial charge on any atom is -0.619 e. The first-order valence-electron chi connectivity index (χ1n) is 13.4. The molecule has 216 valence electrons. The number of pyridine rings is 1. The summed E-state index contributed by atoms with van der Waals surface area (Å²) >= 11 is 0. The molecule has 1 aliphatic heterocycles. The molecule has 2 saturated carbocycles. The molecule has 0 spiro atoms. The number of rotatable bonds is 4. The third-order valence-corrected chi connectivity index (χ3v) is 9.57. The highest BCUT2D eigenvalue weighted by atomic mass is 16.6. The Bertz CT molecular complexity index is 1410. The maximum atomic E-state index is 13.3. The lowest BCUT2D eigenvalue weighted by Crippen LogP contribution is -2.71. The summed E-state index contributed by atoms with van der Waals surface area (Å²) in [6.07, 6.45) is 0.634. The molecule has 2 fully saturated rings. The van der Waals surface area contributed by atoms with Crippen LogP contribution in [0.4, 0.5) is 0 Å². The molecular weight excluding hydrogens is 522 g/mol. The van der Waals surface area contributed by atoms with Gasteiger partial charge >= 0.3 is 17.6 Å². The van der Waals surface area contributed by atoms with Gasteiger partial charge in [0.25, 0.3) is 0 Å². The third kappa shape index (κ3) is 4.26. The van der Waals surface area contributed by atoms with Crippen LogP contribution >= 0.6 is 0 Å². The Balaban J connectivity index is 1.61. The lowest BCUT2D eigenvalue weighted by molar-refractivity contribution is -0.604. The number of carbonyl (C=O) groups is 2. The number of fused-ring (bicyclic) bond motifs is 4. The monoisotopic (exact) mass is 557 g/mol. The third-order valence-electron chi connectivity index (χ3n) is 9.57. The molecule has 0 unspecified atom stereocenters. The zero-order valence-corrected chi connectivity index (χ0v) is 23.2. The van der Waals surface area contributed by atoms with E-state index in [1.807, 2.05) is 13.8 Å². The van der Waals surface area contributed by atoms with Crippen LogP contribution in [0.25, 0.3) is 11.3 Å². The number of hydrogen-bond donors (Lipinski definition) is 2. The van der Waals surface area contributed by atoms with Crippen LogP contribution in [0.15, 0.2) is 39.8 Å². The average molecular weight is 558 g/mol. The molecule has 0 amide bonds. The van der Waals surface area contributed by atoms with E-state index in [4.69, 9.17) is 18.6 Å². The second-order valence-corrected chi connectivity index (χ2v) is 12.1. The molecule has 8 atom stereocenters. The minimum absolute atomic E-state index is 0.0491. The Morgan fingerprint density at radius 3 is 2.58 bits per heavy atom. The fourth-order valence-corrected chi connectivity index (χ4v) is 7.78. The number of esters is 2. The molecule has 40 heavy (non-hydrogen) atoms. The van der Waals surface area contributed by atoms with Crippen LogP contribution in [0.1, 0.15) is 65.5 Å². The highest BCUT2D eigenvalue weighted by Crippen LogP contribution is 2.67. The van der Waals surface area contributed by atoms with Gasteiger partial charge in [-0.25, -0.2) is 4.79 Å². The second kappa shape index (κ2) is 9.59. The molecule has 0 radical (unpaired) electrons. The zero-order chi connectivity index (χ0) is 29.2. The number of aromatic nitrogens is 1. The maximum absolute atomic E-state index is 13.3. The number of hydrogen-bond acceptors (Lipinski definition) is 10. The van der Waals surface area contributed by atoms with Crippen LogP contribution in [0.2, 0.25) is 0 Å². The van der Waals surface area contributed by atoms with Crippen LogP contribution < -0.4 is 15.1 Å². The molecule has 0 bridgehead atoms. The molecule has 11 heteroatoms. The topological polar surface area (TPSA) is 159 Å². The van der Waals surface area contributed by atoms with Crippen molar-refractivity contribution in [2.75, 3.05) is 6.61 Å². The van der Waals surface area contributed by atoms with Crippen molar-refractivity contribution < 1.29 is 43.2 Å². The summed E-state index contributed by atoms with van der Waals surface area (Å²) in [7, 11) is 0. The van der Waals surface area contributed by atoms with Gasteiger partial charge in [-0.3, -0.25) is 9.59 Å². The van der Waals surface area contributed by atoms with Gasteiger partial charge < -0.3 is 34.0 Å². The molecule has 2 aromatic heterocycles. The van der Waals surface area contributed by atoms with E-state index in [0.717, 1.165) is 0 Å². The van der Waals surface area contributed by atoms with Crippen molar-refractivity contribution in [3.05, 3.63) is 51.8 Å². The van der Waals surface area contributed by atoms with Gasteiger partial charge in [-0.2, -0.15) is 4.73 Å². The second-order valence-electron chi connectivity index (χ2n) is 12.1. The van der Waals surface area contributed by atoms with Crippen molar-refractivity contribution in [2.24, 2.45) is 22.7 Å². The first-order valence-corrected chi connectivity index (χ1v) is 13.4. The number of nitrogens with zero attached hydrogens (tertiary/aromatic N) is 1. The van der Waals surface area contributed by atoms with Gasteiger partial charge in [0.1, 0.15) is 35.4 Å². The quantitative estimate of drug-likeness (QED) is 0.325. The lowest BCUT2D eigenvalue weighted by atomic mass is 9.42. The van der Waals surface area contributed by atoms with E-state index in [2.05, 4.69) is 0 Å². The van der Waals surface area contributed by atoms with Gasteiger partial charge in [0.05, 0.1) is 17.8 Å². The first kappa shape index (κ1) is 28.1.